The van der Waals surface area contributed by atoms with Gasteiger partial charge >= 0.3 is 0 Å². The second-order valence-corrected chi connectivity index (χ2v) is 17.2. The van der Waals surface area contributed by atoms with E-state index in [1.165, 1.54) is 0 Å². The number of benzene rings is 3. The molecule has 0 unspecified atom stereocenters. The molecular formula is C36H43N3O6Si. The maximum absolute atomic E-state index is 14.9. The van der Waals surface area contributed by atoms with Crippen LogP contribution < -0.4 is 9.80 Å². The maximum Gasteiger partial charge on any atom is 0.268 e. The van der Waals surface area contributed by atoms with Gasteiger partial charge in [-0.25, -0.2) is 0 Å². The van der Waals surface area contributed by atoms with E-state index in [-0.39, 0.29) is 37.3 Å². The molecule has 10 heteroatoms. The number of amides is 3. The molecule has 0 bridgehead atoms. The van der Waals surface area contributed by atoms with Crippen LogP contribution in [0.5, 0.6) is 0 Å². The molecule has 2 N–H and O–H groups in total. The van der Waals surface area contributed by atoms with Crippen molar-refractivity contribution < 1.29 is 29.0 Å². The Bertz CT molecular complexity index is 1600. The van der Waals surface area contributed by atoms with E-state index < -0.39 is 31.5 Å². The Balaban J connectivity index is 1.42. The predicted molar refractivity (Wildman–Crippen MR) is 179 cm³/mol. The highest BCUT2D eigenvalue weighted by Crippen LogP contribution is 2.61. The smallest absolute Gasteiger partial charge is 0.268 e. The van der Waals surface area contributed by atoms with Crippen LogP contribution in [0.15, 0.2) is 78.9 Å². The van der Waals surface area contributed by atoms with Crippen LogP contribution in [-0.2, 0) is 31.3 Å². The number of para-hydroxylation sites is 1. The van der Waals surface area contributed by atoms with Crippen LogP contribution in [0.3, 0.4) is 0 Å². The number of hydrogen-bond donors (Lipinski definition) is 2. The first-order valence-corrected chi connectivity index (χ1v) is 19.3. The number of aliphatic hydroxyl groups excluding tert-OH is 1. The number of rotatable bonds is 9. The zero-order valence-electron chi connectivity index (χ0n) is 26.8. The molecule has 0 aliphatic carbocycles. The highest BCUT2D eigenvalue weighted by molar-refractivity contribution is 6.71. The van der Waals surface area contributed by atoms with E-state index in [0.29, 0.717) is 36.4 Å². The average Bonchev–Trinajstić information content (AvgIpc) is 3.47. The van der Waals surface area contributed by atoms with Gasteiger partial charge in [-0.1, -0.05) is 55.5 Å². The lowest BCUT2D eigenvalue weighted by Crippen LogP contribution is -2.45. The van der Waals surface area contributed by atoms with Crippen LogP contribution in [-0.4, -0.2) is 66.6 Å². The van der Waals surface area contributed by atoms with Gasteiger partial charge in [-0.3, -0.25) is 19.3 Å². The number of aliphatic hydroxyl groups is 1. The predicted octanol–water partition coefficient (Wildman–Crippen LogP) is 5.09. The number of fused-ring (bicyclic) bond motifs is 2. The van der Waals surface area contributed by atoms with Gasteiger partial charge in [-0.05, 0) is 61.8 Å². The van der Waals surface area contributed by atoms with Gasteiger partial charge in [0.1, 0.15) is 0 Å². The third kappa shape index (κ3) is 5.68. The lowest BCUT2D eigenvalue weighted by molar-refractivity contribution is -0.149. The van der Waals surface area contributed by atoms with Crippen molar-refractivity contribution in [3.05, 3.63) is 90.0 Å². The molecule has 2 fully saturated rings. The summed E-state index contributed by atoms with van der Waals surface area (Å²) in [6.07, 6.45) is 1.46. The minimum Gasteiger partial charge on any atom is -0.432 e. The molecule has 242 valence electrons. The van der Waals surface area contributed by atoms with E-state index in [4.69, 9.17) is 4.74 Å². The maximum atomic E-state index is 14.9. The third-order valence-electron chi connectivity index (χ3n) is 9.84. The topological polar surface area (TPSA) is 111 Å². The summed E-state index contributed by atoms with van der Waals surface area (Å²) in [5.74, 6) is -0.895. The summed E-state index contributed by atoms with van der Waals surface area (Å²) in [5.41, 5.74) is 1.76. The van der Waals surface area contributed by atoms with Gasteiger partial charge < -0.3 is 24.4 Å². The van der Waals surface area contributed by atoms with Crippen molar-refractivity contribution in [2.75, 3.05) is 29.5 Å². The molecule has 3 aliphatic rings. The number of carbonyl (C=O) groups excluding carboxylic acids is 3. The minimum atomic E-state index is -3.03. The fourth-order valence-electron chi connectivity index (χ4n) is 7.79. The van der Waals surface area contributed by atoms with Crippen LogP contribution in [0.1, 0.15) is 43.7 Å². The molecule has 9 nitrogen and oxygen atoms in total. The molecule has 1 spiro atoms. The first-order valence-electron chi connectivity index (χ1n) is 16.2. The van der Waals surface area contributed by atoms with Crippen molar-refractivity contribution in [2.24, 2.45) is 5.92 Å². The van der Waals surface area contributed by atoms with E-state index in [2.05, 4.69) is 0 Å². The van der Waals surface area contributed by atoms with Crippen molar-refractivity contribution >= 4 is 43.1 Å². The van der Waals surface area contributed by atoms with Crippen LogP contribution in [0.2, 0.25) is 18.6 Å². The highest BCUT2D eigenvalue weighted by Gasteiger charge is 2.66. The Morgan fingerprint density at radius 2 is 1.70 bits per heavy atom. The molecule has 0 aromatic heterocycles. The average molecular weight is 642 g/mol. The molecule has 0 saturated carbocycles. The summed E-state index contributed by atoms with van der Waals surface area (Å²) in [6.45, 7) is 6.52. The Morgan fingerprint density at radius 1 is 1.00 bits per heavy atom. The summed E-state index contributed by atoms with van der Waals surface area (Å²) in [4.78, 5) is 58.5. The quantitative estimate of drug-likeness (QED) is 0.315. The van der Waals surface area contributed by atoms with E-state index in [0.717, 1.165) is 24.1 Å². The van der Waals surface area contributed by atoms with Gasteiger partial charge in [0.15, 0.2) is 13.9 Å². The number of anilines is 3. The number of piperidine rings is 1. The lowest BCUT2D eigenvalue weighted by atomic mass is 9.82. The molecule has 6 rings (SSSR count). The SMILES string of the molecule is C[C@@H]1[C@@H]([Si](C)(C)O)[C@H](CC(=O)N(CCO)Cc2ccccc2)O[C@@]12C(=O)N(c1ccccc1)c1ccc(N3CCCCC3=O)cc12. The molecule has 46 heavy (non-hydrogen) atoms. The number of carbonyl (C=O) groups is 3. The number of hydrogen-bond acceptors (Lipinski definition) is 6. The Kier molecular flexibility index (Phi) is 8.91. The zero-order valence-corrected chi connectivity index (χ0v) is 27.8. The summed E-state index contributed by atoms with van der Waals surface area (Å²) < 4.78 is 6.94. The van der Waals surface area contributed by atoms with Crippen LogP contribution in [0.4, 0.5) is 17.1 Å². The molecule has 3 heterocycles. The molecular weight excluding hydrogens is 598 g/mol. The van der Waals surface area contributed by atoms with Gasteiger partial charge in [-0.2, -0.15) is 0 Å². The van der Waals surface area contributed by atoms with Crippen molar-refractivity contribution in [3.8, 4) is 0 Å². The van der Waals surface area contributed by atoms with Gasteiger partial charge in [0.2, 0.25) is 11.8 Å². The second-order valence-electron chi connectivity index (χ2n) is 13.3. The number of nitrogens with zero attached hydrogens (tertiary/aromatic N) is 3. The summed E-state index contributed by atoms with van der Waals surface area (Å²) in [5, 5.41) is 9.81. The van der Waals surface area contributed by atoms with Crippen LogP contribution in [0, 0.1) is 5.92 Å². The van der Waals surface area contributed by atoms with E-state index in [1.54, 1.807) is 14.7 Å². The molecule has 4 atom stereocenters. The molecule has 0 radical (unpaired) electrons. The summed E-state index contributed by atoms with van der Waals surface area (Å²) in [7, 11) is -3.03. The Hall–Kier alpha value is -3.83. The molecule has 3 amide bonds. The van der Waals surface area contributed by atoms with Crippen LogP contribution >= 0.6 is 0 Å². The highest BCUT2D eigenvalue weighted by atomic mass is 28.4. The van der Waals surface area contributed by atoms with Crippen molar-refractivity contribution in [2.45, 2.75) is 69.5 Å². The standard InChI is InChI=1S/C36H43N3O6Si/c1-25-34(46(2,3)44)31(23-33(42)37(20-21-40)24-26-12-6-4-7-13-26)45-36(25)29-22-28(38-19-11-10-16-32(38)41)17-18-30(29)39(35(36)43)27-14-8-5-9-15-27/h4-9,12-15,17-18,22,25,31,34,40,44H,10-11,16,19-21,23-24H2,1-3H3/t25-,31+,34-,36+/m1/s1. The largest absolute Gasteiger partial charge is 0.432 e. The first-order chi connectivity index (χ1) is 22.1. The van der Waals surface area contributed by atoms with Gasteiger partial charge in [0.25, 0.3) is 5.91 Å². The van der Waals surface area contributed by atoms with Crippen LogP contribution in [0.25, 0.3) is 0 Å². The van der Waals surface area contributed by atoms with E-state index >= 15 is 0 Å². The normalized spacial score (nSPS) is 24.5. The van der Waals surface area contributed by atoms with Crippen molar-refractivity contribution in [3.63, 3.8) is 0 Å². The van der Waals surface area contributed by atoms with E-state index in [9.17, 15) is 24.3 Å². The lowest BCUT2D eigenvalue weighted by Gasteiger charge is -2.33. The van der Waals surface area contributed by atoms with Crippen molar-refractivity contribution in [1.29, 1.82) is 0 Å². The van der Waals surface area contributed by atoms with Gasteiger partial charge in [0, 0.05) is 54.5 Å². The van der Waals surface area contributed by atoms with Gasteiger partial charge in [-0.15, -0.1) is 0 Å². The van der Waals surface area contributed by atoms with E-state index in [1.807, 2.05) is 98.9 Å². The van der Waals surface area contributed by atoms with Gasteiger partial charge in [0.05, 0.1) is 24.8 Å². The monoisotopic (exact) mass is 641 g/mol. The Morgan fingerprint density at radius 3 is 2.35 bits per heavy atom. The molecule has 2 saturated heterocycles. The van der Waals surface area contributed by atoms with Crippen molar-refractivity contribution in [1.82, 2.24) is 4.90 Å². The second kappa shape index (κ2) is 12.8. The molecule has 3 aliphatic heterocycles. The Labute approximate surface area is 271 Å². The fraction of sp³-hybridized carbons (Fsp3) is 0.417. The fourth-order valence-corrected chi connectivity index (χ4v) is 10.3. The zero-order chi connectivity index (χ0) is 32.6. The summed E-state index contributed by atoms with van der Waals surface area (Å²) >= 11 is 0. The third-order valence-corrected chi connectivity index (χ3v) is 12.3. The molecule has 3 aromatic carbocycles. The first kappa shape index (κ1) is 32.1. The number of ether oxygens (including phenoxy) is 1. The minimum absolute atomic E-state index is 0.0428. The summed E-state index contributed by atoms with van der Waals surface area (Å²) in [6, 6.07) is 24.7. The molecule has 3 aromatic rings.